The number of nitrogens with one attached hydrogen (secondary N) is 1. The van der Waals surface area contributed by atoms with Crippen LogP contribution in [0.15, 0.2) is 53.7 Å². The molecule has 3 rings (SSSR count). The third kappa shape index (κ3) is 5.75. The minimum absolute atomic E-state index is 0.0141. The van der Waals surface area contributed by atoms with Gasteiger partial charge in [-0.2, -0.15) is 0 Å². The van der Waals surface area contributed by atoms with Crippen molar-refractivity contribution in [1.29, 1.82) is 0 Å². The maximum atomic E-state index is 13.5. The number of anilines is 1. The second-order valence-corrected chi connectivity index (χ2v) is 9.00. The topological polar surface area (TPSA) is 63.1 Å². The molecule has 0 saturated heterocycles. The molecular weight excluding hydrogens is 425 g/mol. The largest absolute Gasteiger partial charge is 0.325 e. The molecule has 0 aliphatic heterocycles. The van der Waals surface area contributed by atoms with Gasteiger partial charge in [0.15, 0.2) is 11.0 Å². The van der Waals surface area contributed by atoms with E-state index >= 15 is 0 Å². The van der Waals surface area contributed by atoms with Crippen LogP contribution in [0.25, 0.3) is 5.69 Å². The zero-order valence-electron chi connectivity index (χ0n) is 19.2. The van der Waals surface area contributed by atoms with Crippen molar-refractivity contribution in [1.82, 2.24) is 19.7 Å². The first-order valence-electron chi connectivity index (χ1n) is 10.7. The van der Waals surface area contributed by atoms with Gasteiger partial charge in [0.1, 0.15) is 5.82 Å². The fourth-order valence-corrected chi connectivity index (χ4v) is 3.93. The smallest absolute Gasteiger partial charge is 0.234 e. The number of carbonyl (C=O) groups excluding carboxylic acids is 1. The minimum Gasteiger partial charge on any atom is -0.325 e. The fourth-order valence-electron chi connectivity index (χ4n) is 3.17. The summed E-state index contributed by atoms with van der Waals surface area (Å²) in [4.78, 5) is 14.6. The van der Waals surface area contributed by atoms with Crippen LogP contribution in [0.5, 0.6) is 0 Å². The van der Waals surface area contributed by atoms with E-state index in [0.717, 1.165) is 23.6 Å². The zero-order valence-corrected chi connectivity index (χ0v) is 20.0. The molecule has 0 saturated carbocycles. The Labute approximate surface area is 193 Å². The second kappa shape index (κ2) is 10.7. The summed E-state index contributed by atoms with van der Waals surface area (Å²) in [6, 6.07) is 14.1. The van der Waals surface area contributed by atoms with Crippen molar-refractivity contribution < 1.29 is 9.18 Å². The fraction of sp³-hybridized carbons (Fsp3) is 0.375. The first-order valence-corrected chi connectivity index (χ1v) is 11.7. The van der Waals surface area contributed by atoms with Gasteiger partial charge in [-0.05, 0) is 75.3 Å². The van der Waals surface area contributed by atoms with Gasteiger partial charge < -0.3 is 5.32 Å². The van der Waals surface area contributed by atoms with Gasteiger partial charge in [0.2, 0.25) is 5.91 Å². The highest BCUT2D eigenvalue weighted by atomic mass is 32.2. The van der Waals surface area contributed by atoms with E-state index in [1.54, 1.807) is 12.1 Å². The number of hydrogen-bond acceptors (Lipinski definition) is 5. The molecule has 3 aromatic rings. The Morgan fingerprint density at radius 2 is 1.75 bits per heavy atom. The molecule has 1 N–H and O–H groups in total. The number of carbonyl (C=O) groups is 1. The quantitative estimate of drug-likeness (QED) is 0.445. The number of hydrogen-bond donors (Lipinski definition) is 1. The van der Waals surface area contributed by atoms with E-state index < -0.39 is 0 Å². The first-order chi connectivity index (χ1) is 15.3. The van der Waals surface area contributed by atoms with Gasteiger partial charge in [0, 0.05) is 11.4 Å². The van der Waals surface area contributed by atoms with Gasteiger partial charge in [0.05, 0.1) is 11.8 Å². The lowest BCUT2D eigenvalue weighted by Crippen LogP contribution is -2.21. The van der Waals surface area contributed by atoms with E-state index in [1.165, 1.54) is 29.5 Å². The number of thioether (sulfide) groups is 1. The summed E-state index contributed by atoms with van der Waals surface area (Å²) >= 11 is 1.30. The molecule has 0 fully saturated rings. The highest BCUT2D eigenvalue weighted by molar-refractivity contribution is 7.99. The summed E-state index contributed by atoms with van der Waals surface area (Å²) in [6.07, 6.45) is 1.07. The molecule has 6 nitrogen and oxygen atoms in total. The lowest BCUT2D eigenvalue weighted by Gasteiger charge is -2.20. The van der Waals surface area contributed by atoms with E-state index in [9.17, 15) is 9.18 Å². The molecule has 1 amide bonds. The van der Waals surface area contributed by atoms with Crippen molar-refractivity contribution in [2.75, 3.05) is 25.2 Å². The predicted molar refractivity (Wildman–Crippen MR) is 128 cm³/mol. The van der Waals surface area contributed by atoms with Crippen LogP contribution in [-0.4, -0.2) is 45.4 Å². The molecule has 1 heterocycles. The number of nitrogens with zero attached hydrogens (tertiary/aromatic N) is 4. The standard InChI is InChI=1S/C24H30FN5OS/c1-6-16(2)18-7-11-20(12-8-18)26-22(31)15-32-24-28-27-23(17(3)29(4)5)30(24)21-13-9-19(25)10-14-21/h7-14,16-17H,6,15H2,1-5H3,(H,26,31)/t16-,17+/m1/s1. The van der Waals surface area contributed by atoms with Crippen LogP contribution >= 0.6 is 11.8 Å². The normalized spacial score (nSPS) is 13.2. The Morgan fingerprint density at radius 3 is 2.34 bits per heavy atom. The number of halogens is 1. The SMILES string of the molecule is CC[C@@H](C)c1ccc(NC(=O)CSc2nnc([C@H](C)N(C)C)n2-c2ccc(F)cc2)cc1. The minimum atomic E-state index is -0.308. The third-order valence-electron chi connectivity index (χ3n) is 5.60. The Kier molecular flexibility index (Phi) is 8.04. The van der Waals surface area contributed by atoms with E-state index in [1.807, 2.05) is 42.6 Å². The van der Waals surface area contributed by atoms with Crippen molar-refractivity contribution in [2.24, 2.45) is 0 Å². The lowest BCUT2D eigenvalue weighted by molar-refractivity contribution is -0.113. The Bertz CT molecular complexity index is 1030. The molecule has 0 aliphatic carbocycles. The summed E-state index contributed by atoms with van der Waals surface area (Å²) in [5.41, 5.74) is 2.78. The van der Waals surface area contributed by atoms with Crippen molar-refractivity contribution in [3.05, 3.63) is 65.7 Å². The van der Waals surface area contributed by atoms with Crippen molar-refractivity contribution in [3.63, 3.8) is 0 Å². The van der Waals surface area contributed by atoms with E-state index in [4.69, 9.17) is 0 Å². The summed E-state index contributed by atoms with van der Waals surface area (Å²) in [5, 5.41) is 12.2. The van der Waals surface area contributed by atoms with Gasteiger partial charge in [-0.15, -0.1) is 10.2 Å². The molecule has 32 heavy (non-hydrogen) atoms. The van der Waals surface area contributed by atoms with E-state index in [2.05, 4.69) is 41.5 Å². The first kappa shape index (κ1) is 23.9. The highest BCUT2D eigenvalue weighted by Crippen LogP contribution is 2.27. The molecule has 0 spiro atoms. The molecule has 8 heteroatoms. The van der Waals surface area contributed by atoms with E-state index in [0.29, 0.717) is 11.1 Å². The number of aromatic nitrogens is 3. The van der Waals surface area contributed by atoms with Crippen LogP contribution in [0, 0.1) is 5.82 Å². The third-order valence-corrected chi connectivity index (χ3v) is 6.53. The van der Waals surface area contributed by atoms with Crippen LogP contribution in [0.3, 0.4) is 0 Å². The van der Waals surface area contributed by atoms with Gasteiger partial charge in [-0.25, -0.2) is 4.39 Å². The van der Waals surface area contributed by atoms with Crippen molar-refractivity contribution in [3.8, 4) is 5.69 Å². The van der Waals surface area contributed by atoms with E-state index in [-0.39, 0.29) is 23.5 Å². The molecule has 2 aromatic carbocycles. The molecule has 0 bridgehead atoms. The molecule has 0 unspecified atom stereocenters. The average molecular weight is 456 g/mol. The van der Waals surface area contributed by atoms with Gasteiger partial charge >= 0.3 is 0 Å². The predicted octanol–water partition coefficient (Wildman–Crippen LogP) is 5.27. The molecular formula is C24H30FN5OS. The molecule has 0 aliphatic rings. The number of rotatable bonds is 9. The Morgan fingerprint density at radius 1 is 1.09 bits per heavy atom. The second-order valence-electron chi connectivity index (χ2n) is 8.06. The highest BCUT2D eigenvalue weighted by Gasteiger charge is 2.21. The molecule has 2 atom stereocenters. The molecule has 0 radical (unpaired) electrons. The summed E-state index contributed by atoms with van der Waals surface area (Å²) in [5.74, 6) is 0.971. The summed E-state index contributed by atoms with van der Waals surface area (Å²) in [7, 11) is 3.92. The van der Waals surface area contributed by atoms with Crippen LogP contribution in [0.2, 0.25) is 0 Å². The maximum absolute atomic E-state index is 13.5. The summed E-state index contributed by atoms with van der Waals surface area (Å²) < 4.78 is 15.3. The van der Waals surface area contributed by atoms with Gasteiger partial charge in [-0.1, -0.05) is 37.7 Å². The molecule has 1 aromatic heterocycles. The number of amides is 1. The maximum Gasteiger partial charge on any atom is 0.234 e. The Balaban J connectivity index is 1.74. The number of benzene rings is 2. The van der Waals surface area contributed by atoms with Gasteiger partial charge in [0.25, 0.3) is 0 Å². The van der Waals surface area contributed by atoms with Crippen molar-refractivity contribution >= 4 is 23.4 Å². The molecule has 170 valence electrons. The monoisotopic (exact) mass is 455 g/mol. The Hall–Kier alpha value is -2.71. The zero-order chi connectivity index (χ0) is 23.3. The van der Waals surface area contributed by atoms with Crippen LogP contribution < -0.4 is 5.32 Å². The van der Waals surface area contributed by atoms with Crippen LogP contribution in [0.4, 0.5) is 10.1 Å². The van der Waals surface area contributed by atoms with Crippen LogP contribution in [0.1, 0.15) is 50.5 Å². The lowest BCUT2D eigenvalue weighted by atomic mass is 9.99. The van der Waals surface area contributed by atoms with Crippen LogP contribution in [-0.2, 0) is 4.79 Å². The van der Waals surface area contributed by atoms with Crippen molar-refractivity contribution in [2.45, 2.75) is 44.3 Å². The summed E-state index contributed by atoms with van der Waals surface area (Å²) in [6.45, 7) is 6.37. The average Bonchev–Trinajstić information content (AvgIpc) is 3.21. The van der Waals surface area contributed by atoms with Gasteiger partial charge in [-0.3, -0.25) is 14.3 Å².